The maximum Gasteiger partial charge on any atom is 0.246 e. The van der Waals surface area contributed by atoms with Gasteiger partial charge in [0, 0.05) is 5.69 Å². The fourth-order valence-corrected chi connectivity index (χ4v) is 1.93. The Morgan fingerprint density at radius 2 is 2.05 bits per heavy atom. The molecule has 1 unspecified atom stereocenters. The standard InChI is InChI=1S/C15H21N5O2/c1-10(2)15(16)13-7-20(19-18-13)8-14(22)17-12-5-3-11(9-21)4-6-12/h3-7,10,15,21H,8-9,16H2,1-2H3,(H,17,22). The Morgan fingerprint density at radius 3 is 2.64 bits per heavy atom. The number of rotatable bonds is 6. The van der Waals surface area contributed by atoms with Crippen molar-refractivity contribution in [3.63, 3.8) is 0 Å². The number of anilines is 1. The number of hydrogen-bond acceptors (Lipinski definition) is 5. The number of amides is 1. The number of hydrogen-bond donors (Lipinski definition) is 3. The minimum Gasteiger partial charge on any atom is -0.392 e. The summed E-state index contributed by atoms with van der Waals surface area (Å²) in [6.45, 7) is 4.06. The van der Waals surface area contributed by atoms with Crippen LogP contribution >= 0.6 is 0 Å². The van der Waals surface area contributed by atoms with E-state index >= 15 is 0 Å². The van der Waals surface area contributed by atoms with Crippen LogP contribution in [0.3, 0.4) is 0 Å². The zero-order valence-electron chi connectivity index (χ0n) is 12.7. The summed E-state index contributed by atoms with van der Waals surface area (Å²) in [6.07, 6.45) is 1.69. The molecule has 0 fully saturated rings. The lowest BCUT2D eigenvalue weighted by atomic mass is 10.0. The highest BCUT2D eigenvalue weighted by atomic mass is 16.3. The van der Waals surface area contributed by atoms with Gasteiger partial charge in [0.1, 0.15) is 6.54 Å². The Balaban J connectivity index is 1.94. The van der Waals surface area contributed by atoms with Gasteiger partial charge in [0.25, 0.3) is 0 Å². The van der Waals surface area contributed by atoms with E-state index in [1.807, 2.05) is 13.8 Å². The van der Waals surface area contributed by atoms with Crippen molar-refractivity contribution in [3.05, 3.63) is 41.7 Å². The summed E-state index contributed by atoms with van der Waals surface area (Å²) < 4.78 is 1.47. The van der Waals surface area contributed by atoms with Crippen molar-refractivity contribution in [2.45, 2.75) is 33.0 Å². The number of carbonyl (C=O) groups is 1. The van der Waals surface area contributed by atoms with Gasteiger partial charge in [-0.2, -0.15) is 0 Å². The largest absolute Gasteiger partial charge is 0.392 e. The quantitative estimate of drug-likeness (QED) is 0.740. The summed E-state index contributed by atoms with van der Waals surface area (Å²) >= 11 is 0. The van der Waals surface area contributed by atoms with E-state index in [-0.39, 0.29) is 31.0 Å². The Kier molecular flexibility index (Phi) is 5.24. The van der Waals surface area contributed by atoms with E-state index in [1.165, 1.54) is 4.68 Å². The zero-order chi connectivity index (χ0) is 16.1. The summed E-state index contributed by atoms with van der Waals surface area (Å²) in [6, 6.07) is 6.80. The van der Waals surface area contributed by atoms with Crippen LogP contribution in [-0.4, -0.2) is 26.0 Å². The maximum absolute atomic E-state index is 12.0. The second-order valence-electron chi connectivity index (χ2n) is 5.51. The summed E-state index contributed by atoms with van der Waals surface area (Å²) in [5.41, 5.74) is 8.13. The Bertz CT molecular complexity index is 621. The van der Waals surface area contributed by atoms with Crippen molar-refractivity contribution in [2.75, 3.05) is 5.32 Å². The molecule has 1 aromatic carbocycles. The van der Waals surface area contributed by atoms with Crippen LogP contribution in [0, 0.1) is 5.92 Å². The van der Waals surface area contributed by atoms with Gasteiger partial charge in [0.05, 0.1) is 24.5 Å². The van der Waals surface area contributed by atoms with Gasteiger partial charge in [-0.3, -0.25) is 4.79 Å². The van der Waals surface area contributed by atoms with E-state index in [2.05, 4.69) is 15.6 Å². The van der Waals surface area contributed by atoms with Crippen molar-refractivity contribution in [1.29, 1.82) is 0 Å². The second-order valence-corrected chi connectivity index (χ2v) is 5.51. The van der Waals surface area contributed by atoms with Crippen molar-refractivity contribution in [1.82, 2.24) is 15.0 Å². The summed E-state index contributed by atoms with van der Waals surface area (Å²) in [5.74, 6) is 0.0512. The zero-order valence-corrected chi connectivity index (χ0v) is 12.7. The van der Waals surface area contributed by atoms with Crippen LogP contribution in [0.5, 0.6) is 0 Å². The van der Waals surface area contributed by atoms with Crippen LogP contribution in [0.1, 0.15) is 31.1 Å². The van der Waals surface area contributed by atoms with E-state index in [0.717, 1.165) is 5.56 Å². The first-order chi connectivity index (χ1) is 10.5. The first-order valence-corrected chi connectivity index (χ1v) is 7.15. The molecule has 0 aliphatic rings. The van der Waals surface area contributed by atoms with Gasteiger partial charge in [-0.1, -0.05) is 31.2 Å². The van der Waals surface area contributed by atoms with E-state index in [0.29, 0.717) is 11.4 Å². The highest BCUT2D eigenvalue weighted by Crippen LogP contribution is 2.15. The van der Waals surface area contributed by atoms with Crippen molar-refractivity contribution >= 4 is 11.6 Å². The van der Waals surface area contributed by atoms with E-state index in [4.69, 9.17) is 10.8 Å². The molecule has 0 saturated carbocycles. The number of nitrogens with zero attached hydrogens (tertiary/aromatic N) is 3. The third-order valence-electron chi connectivity index (χ3n) is 3.34. The Labute approximate surface area is 129 Å². The van der Waals surface area contributed by atoms with Crippen molar-refractivity contribution in [3.8, 4) is 0 Å². The molecule has 2 rings (SSSR count). The highest BCUT2D eigenvalue weighted by molar-refractivity contribution is 5.90. The summed E-state index contributed by atoms with van der Waals surface area (Å²) in [4.78, 5) is 12.0. The molecule has 4 N–H and O–H groups in total. The summed E-state index contributed by atoms with van der Waals surface area (Å²) in [5, 5.41) is 19.7. The molecule has 7 nitrogen and oxygen atoms in total. The molecule has 0 spiro atoms. The summed E-state index contributed by atoms with van der Waals surface area (Å²) in [7, 11) is 0. The lowest BCUT2D eigenvalue weighted by molar-refractivity contribution is -0.116. The van der Waals surface area contributed by atoms with Crippen LogP contribution in [-0.2, 0) is 17.9 Å². The molecule has 0 saturated heterocycles. The van der Waals surface area contributed by atoms with Gasteiger partial charge < -0.3 is 16.2 Å². The number of aliphatic hydroxyl groups is 1. The molecule has 1 aromatic heterocycles. The molecule has 7 heteroatoms. The number of aliphatic hydroxyl groups excluding tert-OH is 1. The van der Waals surface area contributed by atoms with Crippen molar-refractivity contribution < 1.29 is 9.90 Å². The Morgan fingerprint density at radius 1 is 1.36 bits per heavy atom. The lowest BCUT2D eigenvalue weighted by Crippen LogP contribution is -2.19. The van der Waals surface area contributed by atoms with Gasteiger partial charge in [-0.15, -0.1) is 5.10 Å². The average Bonchev–Trinajstić information content (AvgIpc) is 2.95. The predicted molar refractivity (Wildman–Crippen MR) is 82.8 cm³/mol. The number of carbonyl (C=O) groups excluding carboxylic acids is 1. The van der Waals surface area contributed by atoms with Crippen LogP contribution in [0.15, 0.2) is 30.5 Å². The molecule has 1 atom stereocenters. The fourth-order valence-electron chi connectivity index (χ4n) is 1.93. The average molecular weight is 303 g/mol. The molecule has 0 aliphatic heterocycles. The lowest BCUT2D eigenvalue weighted by Gasteiger charge is -2.11. The highest BCUT2D eigenvalue weighted by Gasteiger charge is 2.15. The van der Waals surface area contributed by atoms with Crippen LogP contribution < -0.4 is 11.1 Å². The molecular formula is C15H21N5O2. The molecule has 2 aromatic rings. The van der Waals surface area contributed by atoms with Crippen LogP contribution in [0.25, 0.3) is 0 Å². The number of nitrogens with one attached hydrogen (secondary N) is 1. The smallest absolute Gasteiger partial charge is 0.246 e. The molecule has 1 heterocycles. The van der Waals surface area contributed by atoms with Crippen LogP contribution in [0.2, 0.25) is 0 Å². The molecule has 118 valence electrons. The molecule has 0 bridgehead atoms. The Hall–Kier alpha value is -2.25. The van der Waals surface area contributed by atoms with Gasteiger partial charge in [0.15, 0.2) is 0 Å². The third-order valence-corrected chi connectivity index (χ3v) is 3.34. The van der Waals surface area contributed by atoms with Crippen molar-refractivity contribution in [2.24, 2.45) is 11.7 Å². The molecule has 0 radical (unpaired) electrons. The number of benzene rings is 1. The number of aromatic nitrogens is 3. The first-order valence-electron chi connectivity index (χ1n) is 7.15. The monoisotopic (exact) mass is 303 g/mol. The SMILES string of the molecule is CC(C)C(N)c1cn(CC(=O)Nc2ccc(CO)cc2)nn1. The van der Waals surface area contributed by atoms with Gasteiger partial charge in [-0.25, -0.2) is 4.68 Å². The molecular weight excluding hydrogens is 282 g/mol. The predicted octanol–water partition coefficient (Wildman–Crippen LogP) is 1.06. The van der Waals surface area contributed by atoms with Gasteiger partial charge in [-0.05, 0) is 23.6 Å². The minimum absolute atomic E-state index is 0.0218. The molecule has 22 heavy (non-hydrogen) atoms. The minimum atomic E-state index is -0.202. The van der Waals surface area contributed by atoms with Gasteiger partial charge >= 0.3 is 0 Å². The third kappa shape index (κ3) is 4.12. The topological polar surface area (TPSA) is 106 Å². The van der Waals surface area contributed by atoms with E-state index in [9.17, 15) is 4.79 Å². The normalized spacial score (nSPS) is 12.4. The maximum atomic E-state index is 12.0. The van der Waals surface area contributed by atoms with Gasteiger partial charge in [0.2, 0.25) is 5.91 Å². The fraction of sp³-hybridized carbons (Fsp3) is 0.400. The molecule has 0 aliphatic carbocycles. The second kappa shape index (κ2) is 7.15. The van der Waals surface area contributed by atoms with Crippen LogP contribution in [0.4, 0.5) is 5.69 Å². The first kappa shape index (κ1) is 16.1. The van der Waals surface area contributed by atoms with E-state index < -0.39 is 0 Å². The van der Waals surface area contributed by atoms with E-state index in [1.54, 1.807) is 30.5 Å². The molecule has 1 amide bonds. The number of nitrogens with two attached hydrogens (primary N) is 1.